The molecule has 0 saturated carbocycles. The van der Waals surface area contributed by atoms with Gasteiger partial charge in [0.1, 0.15) is 5.75 Å². The van der Waals surface area contributed by atoms with Gasteiger partial charge in [-0.1, -0.05) is 19.1 Å². The van der Waals surface area contributed by atoms with E-state index in [0.717, 1.165) is 30.0 Å². The number of aromatic nitrogens is 1. The van der Waals surface area contributed by atoms with Crippen LogP contribution in [0.25, 0.3) is 11.3 Å². The average Bonchev–Trinajstić information content (AvgIpc) is 2.88. The minimum Gasteiger partial charge on any atom is -0.496 e. The molecule has 0 aliphatic carbocycles. The molecule has 0 bridgehead atoms. The molecule has 0 saturated heterocycles. The van der Waals surface area contributed by atoms with E-state index in [1.165, 1.54) is 0 Å². The largest absolute Gasteiger partial charge is 0.496 e. The molecule has 1 N–H and O–H groups in total. The number of ether oxygens (including phenoxy) is 1. The van der Waals surface area contributed by atoms with E-state index in [-0.39, 0.29) is 0 Å². The van der Waals surface area contributed by atoms with Gasteiger partial charge in [-0.3, -0.25) is 0 Å². The van der Waals surface area contributed by atoms with Gasteiger partial charge in [0, 0.05) is 0 Å². The fraction of sp³-hybridized carbons (Fsp3) is 0.357. The van der Waals surface area contributed by atoms with E-state index in [0.29, 0.717) is 12.4 Å². The SMILES string of the molecule is CCCNCc1ncc(-c2ccccc2OC)o1. The smallest absolute Gasteiger partial charge is 0.208 e. The van der Waals surface area contributed by atoms with Gasteiger partial charge in [0.25, 0.3) is 0 Å². The summed E-state index contributed by atoms with van der Waals surface area (Å²) >= 11 is 0. The second kappa shape index (κ2) is 6.21. The maximum absolute atomic E-state index is 5.71. The molecule has 1 aromatic carbocycles. The minimum atomic E-state index is 0.656. The van der Waals surface area contributed by atoms with Gasteiger partial charge in [0.15, 0.2) is 5.76 Å². The maximum atomic E-state index is 5.71. The number of rotatable bonds is 6. The highest BCUT2D eigenvalue weighted by Crippen LogP contribution is 2.29. The lowest BCUT2D eigenvalue weighted by Crippen LogP contribution is -2.13. The lowest BCUT2D eigenvalue weighted by molar-refractivity contribution is 0.413. The molecule has 0 fully saturated rings. The Morgan fingerprint density at radius 2 is 2.17 bits per heavy atom. The van der Waals surface area contributed by atoms with E-state index in [1.807, 2.05) is 24.3 Å². The molecule has 0 spiro atoms. The Morgan fingerprint density at radius 3 is 2.94 bits per heavy atom. The number of nitrogens with zero attached hydrogens (tertiary/aromatic N) is 1. The van der Waals surface area contributed by atoms with Crippen molar-refractivity contribution in [1.82, 2.24) is 10.3 Å². The van der Waals surface area contributed by atoms with E-state index < -0.39 is 0 Å². The molecule has 2 aromatic rings. The number of para-hydroxylation sites is 1. The van der Waals surface area contributed by atoms with Crippen LogP contribution in [-0.4, -0.2) is 18.6 Å². The van der Waals surface area contributed by atoms with Crippen LogP contribution in [0.15, 0.2) is 34.9 Å². The van der Waals surface area contributed by atoms with Crippen LogP contribution in [0, 0.1) is 0 Å². The molecule has 4 heteroatoms. The number of nitrogens with one attached hydrogen (secondary N) is 1. The van der Waals surface area contributed by atoms with Crippen LogP contribution >= 0.6 is 0 Å². The monoisotopic (exact) mass is 246 g/mol. The fourth-order valence-electron chi connectivity index (χ4n) is 1.74. The summed E-state index contributed by atoms with van der Waals surface area (Å²) in [7, 11) is 1.65. The first-order valence-electron chi connectivity index (χ1n) is 6.14. The van der Waals surface area contributed by atoms with Crippen molar-refractivity contribution in [2.24, 2.45) is 0 Å². The Bertz CT molecular complexity index is 494. The molecular weight excluding hydrogens is 228 g/mol. The van der Waals surface area contributed by atoms with Gasteiger partial charge < -0.3 is 14.5 Å². The molecule has 18 heavy (non-hydrogen) atoms. The summed E-state index contributed by atoms with van der Waals surface area (Å²) in [6.07, 6.45) is 2.83. The number of benzene rings is 1. The Kier molecular flexibility index (Phi) is 4.36. The third-order valence-corrected chi connectivity index (χ3v) is 2.63. The minimum absolute atomic E-state index is 0.656. The second-order valence-electron chi connectivity index (χ2n) is 4.00. The number of hydrogen-bond donors (Lipinski definition) is 1. The summed E-state index contributed by atoms with van der Waals surface area (Å²) in [5, 5.41) is 3.26. The van der Waals surface area contributed by atoms with Crippen molar-refractivity contribution < 1.29 is 9.15 Å². The highest BCUT2D eigenvalue weighted by molar-refractivity contribution is 5.64. The predicted octanol–water partition coefficient (Wildman–Crippen LogP) is 2.85. The second-order valence-corrected chi connectivity index (χ2v) is 4.00. The molecule has 1 heterocycles. The molecule has 4 nitrogen and oxygen atoms in total. The van der Waals surface area contributed by atoms with Crippen molar-refractivity contribution in [3.63, 3.8) is 0 Å². The van der Waals surface area contributed by atoms with Gasteiger partial charge >= 0.3 is 0 Å². The van der Waals surface area contributed by atoms with Gasteiger partial charge in [-0.15, -0.1) is 0 Å². The van der Waals surface area contributed by atoms with Crippen molar-refractivity contribution in [1.29, 1.82) is 0 Å². The van der Waals surface area contributed by atoms with E-state index in [2.05, 4.69) is 17.2 Å². The summed E-state index contributed by atoms with van der Waals surface area (Å²) in [5.41, 5.74) is 0.925. The summed E-state index contributed by atoms with van der Waals surface area (Å²) in [5.74, 6) is 2.23. The first-order valence-corrected chi connectivity index (χ1v) is 6.14. The fourth-order valence-corrected chi connectivity index (χ4v) is 1.74. The molecule has 0 aliphatic rings. The van der Waals surface area contributed by atoms with Crippen LogP contribution in [-0.2, 0) is 6.54 Å². The topological polar surface area (TPSA) is 47.3 Å². The number of methoxy groups -OCH3 is 1. The Hall–Kier alpha value is -1.81. The van der Waals surface area contributed by atoms with Crippen molar-refractivity contribution in [3.05, 3.63) is 36.4 Å². The maximum Gasteiger partial charge on any atom is 0.208 e. The highest BCUT2D eigenvalue weighted by atomic mass is 16.5. The van der Waals surface area contributed by atoms with Crippen molar-refractivity contribution >= 4 is 0 Å². The van der Waals surface area contributed by atoms with E-state index in [9.17, 15) is 0 Å². The van der Waals surface area contributed by atoms with Crippen molar-refractivity contribution in [2.45, 2.75) is 19.9 Å². The molecule has 0 aliphatic heterocycles. The molecule has 2 rings (SSSR count). The zero-order valence-electron chi connectivity index (χ0n) is 10.8. The van der Waals surface area contributed by atoms with Crippen LogP contribution in [0.2, 0.25) is 0 Å². The van der Waals surface area contributed by atoms with Gasteiger partial charge in [0.2, 0.25) is 5.89 Å². The number of oxazole rings is 1. The number of hydrogen-bond acceptors (Lipinski definition) is 4. The van der Waals surface area contributed by atoms with E-state index in [1.54, 1.807) is 13.3 Å². The lowest BCUT2D eigenvalue weighted by atomic mass is 10.1. The van der Waals surface area contributed by atoms with Crippen LogP contribution in [0.5, 0.6) is 5.75 Å². The molecule has 1 aromatic heterocycles. The quantitative estimate of drug-likeness (QED) is 0.796. The first-order chi connectivity index (χ1) is 8.85. The summed E-state index contributed by atoms with van der Waals surface area (Å²) < 4.78 is 11.0. The van der Waals surface area contributed by atoms with Crippen LogP contribution in [0.4, 0.5) is 0 Å². The standard InChI is InChI=1S/C14H18N2O2/c1-3-8-15-10-14-16-9-13(18-14)11-6-4-5-7-12(11)17-2/h4-7,9,15H,3,8,10H2,1-2H3. The predicted molar refractivity (Wildman–Crippen MR) is 70.5 cm³/mol. The normalized spacial score (nSPS) is 10.6. The molecule has 0 unspecified atom stereocenters. The third kappa shape index (κ3) is 2.90. The highest BCUT2D eigenvalue weighted by Gasteiger charge is 2.10. The van der Waals surface area contributed by atoms with E-state index in [4.69, 9.17) is 9.15 Å². The summed E-state index contributed by atoms with van der Waals surface area (Å²) in [4.78, 5) is 4.26. The van der Waals surface area contributed by atoms with E-state index >= 15 is 0 Å². The molecule has 0 amide bonds. The Labute approximate surface area is 107 Å². The van der Waals surface area contributed by atoms with Crippen LogP contribution < -0.4 is 10.1 Å². The Morgan fingerprint density at radius 1 is 1.33 bits per heavy atom. The van der Waals surface area contributed by atoms with Crippen LogP contribution in [0.1, 0.15) is 19.2 Å². The zero-order chi connectivity index (χ0) is 12.8. The third-order valence-electron chi connectivity index (χ3n) is 2.63. The molecule has 96 valence electrons. The average molecular weight is 246 g/mol. The molecule has 0 atom stereocenters. The molecular formula is C14H18N2O2. The van der Waals surface area contributed by atoms with Gasteiger partial charge in [-0.2, -0.15) is 0 Å². The molecule has 0 radical (unpaired) electrons. The van der Waals surface area contributed by atoms with Gasteiger partial charge in [-0.25, -0.2) is 4.98 Å². The zero-order valence-corrected chi connectivity index (χ0v) is 10.8. The van der Waals surface area contributed by atoms with Crippen molar-refractivity contribution in [3.8, 4) is 17.1 Å². The van der Waals surface area contributed by atoms with Gasteiger partial charge in [0.05, 0.1) is 25.4 Å². The lowest BCUT2D eigenvalue weighted by Gasteiger charge is -2.04. The van der Waals surface area contributed by atoms with Crippen LogP contribution in [0.3, 0.4) is 0 Å². The first kappa shape index (κ1) is 12.6. The van der Waals surface area contributed by atoms with Gasteiger partial charge in [-0.05, 0) is 25.1 Å². The summed E-state index contributed by atoms with van der Waals surface area (Å²) in [6.45, 7) is 3.75. The Balaban J connectivity index is 2.13. The van der Waals surface area contributed by atoms with Crippen molar-refractivity contribution in [2.75, 3.05) is 13.7 Å². The summed E-state index contributed by atoms with van der Waals surface area (Å²) in [6, 6.07) is 7.76.